The molecule has 1 amide bonds. The van der Waals surface area contributed by atoms with E-state index in [9.17, 15) is 22.0 Å². The summed E-state index contributed by atoms with van der Waals surface area (Å²) >= 11 is 0. The highest BCUT2D eigenvalue weighted by Gasteiger charge is 2.29. The number of nitrogens with zero attached hydrogens (tertiary/aromatic N) is 1. The number of amides is 1. The number of fused-ring (bicyclic) bond motifs is 1. The predicted molar refractivity (Wildman–Crippen MR) is 117 cm³/mol. The summed E-state index contributed by atoms with van der Waals surface area (Å²) in [6.07, 6.45) is 0. The summed E-state index contributed by atoms with van der Waals surface area (Å²) in [5, 5.41) is 2.58. The highest BCUT2D eigenvalue weighted by molar-refractivity contribution is 7.92. The molecule has 0 aromatic heterocycles. The summed E-state index contributed by atoms with van der Waals surface area (Å²) in [4.78, 5) is 12.5. The minimum absolute atomic E-state index is 0.0118. The highest BCUT2D eigenvalue weighted by atomic mass is 32.2. The van der Waals surface area contributed by atoms with Crippen molar-refractivity contribution < 1.29 is 31.5 Å². The molecule has 1 aliphatic rings. The number of hydrogen-bond donors (Lipinski definition) is 1. The molecular weight excluding hydrogens is 454 g/mol. The van der Waals surface area contributed by atoms with Crippen LogP contribution in [0.1, 0.15) is 5.56 Å². The van der Waals surface area contributed by atoms with Crippen LogP contribution in [0, 0.1) is 11.6 Å². The van der Waals surface area contributed by atoms with Crippen LogP contribution in [0.25, 0.3) is 0 Å². The van der Waals surface area contributed by atoms with Gasteiger partial charge in [-0.3, -0.25) is 9.10 Å². The van der Waals surface area contributed by atoms with E-state index >= 15 is 0 Å². The van der Waals surface area contributed by atoms with Crippen molar-refractivity contribution in [2.75, 3.05) is 24.1 Å². The number of carbonyl (C=O) groups is 1. The molecule has 0 aliphatic carbocycles. The van der Waals surface area contributed by atoms with E-state index in [1.807, 2.05) is 0 Å². The van der Waals surface area contributed by atoms with Crippen LogP contribution in [0.3, 0.4) is 0 Å². The van der Waals surface area contributed by atoms with Crippen LogP contribution in [0.2, 0.25) is 0 Å². The summed E-state index contributed by atoms with van der Waals surface area (Å²) in [6, 6.07) is 14.6. The van der Waals surface area contributed by atoms with Gasteiger partial charge in [0, 0.05) is 12.6 Å². The van der Waals surface area contributed by atoms with E-state index in [1.165, 1.54) is 48.5 Å². The quantitative estimate of drug-likeness (QED) is 0.568. The van der Waals surface area contributed by atoms with E-state index in [2.05, 4.69) is 5.32 Å². The normalized spacial score (nSPS) is 12.8. The first-order valence-electron chi connectivity index (χ1n) is 10.0. The molecule has 33 heavy (non-hydrogen) atoms. The Hall–Kier alpha value is -3.66. The molecule has 3 aromatic carbocycles. The molecule has 4 rings (SSSR count). The molecule has 0 unspecified atom stereocenters. The number of carbonyl (C=O) groups excluding carboxylic acids is 1. The molecule has 0 fully saturated rings. The maximum atomic E-state index is 13.5. The Morgan fingerprint density at radius 3 is 2.36 bits per heavy atom. The van der Waals surface area contributed by atoms with Gasteiger partial charge in [-0.25, -0.2) is 17.2 Å². The van der Waals surface area contributed by atoms with E-state index < -0.39 is 34.1 Å². The Balaban J connectivity index is 1.60. The third-order valence-corrected chi connectivity index (χ3v) is 6.65. The molecule has 1 heterocycles. The van der Waals surface area contributed by atoms with E-state index in [0.29, 0.717) is 17.9 Å². The first-order valence-corrected chi connectivity index (χ1v) is 11.5. The van der Waals surface area contributed by atoms with Gasteiger partial charge in [0.05, 0.1) is 10.6 Å². The van der Waals surface area contributed by atoms with Gasteiger partial charge in [-0.1, -0.05) is 12.1 Å². The number of benzene rings is 3. The van der Waals surface area contributed by atoms with Gasteiger partial charge in [0.1, 0.15) is 31.4 Å². The zero-order valence-electron chi connectivity index (χ0n) is 17.3. The lowest BCUT2D eigenvalue weighted by atomic mass is 10.2. The lowest BCUT2D eigenvalue weighted by molar-refractivity contribution is -0.119. The van der Waals surface area contributed by atoms with Crippen LogP contribution in [0.15, 0.2) is 71.6 Å². The van der Waals surface area contributed by atoms with E-state index in [0.717, 1.165) is 16.4 Å². The van der Waals surface area contributed by atoms with E-state index in [-0.39, 0.29) is 29.5 Å². The third kappa shape index (κ3) is 5.23. The van der Waals surface area contributed by atoms with Crippen LogP contribution < -0.4 is 19.1 Å². The van der Waals surface area contributed by atoms with Crippen molar-refractivity contribution in [2.45, 2.75) is 11.4 Å². The zero-order valence-corrected chi connectivity index (χ0v) is 18.1. The van der Waals surface area contributed by atoms with Gasteiger partial charge in [-0.05, 0) is 54.1 Å². The SMILES string of the molecule is O=C(CN(c1ccc(F)cc1)S(=O)(=O)c1ccc2c(c1)OCCO2)NCc1cccc(F)c1. The van der Waals surface area contributed by atoms with E-state index in [4.69, 9.17) is 9.47 Å². The number of hydrogen-bond acceptors (Lipinski definition) is 5. The highest BCUT2D eigenvalue weighted by Crippen LogP contribution is 2.34. The molecule has 3 aromatic rings. The molecule has 172 valence electrons. The average molecular weight is 474 g/mol. The zero-order chi connectivity index (χ0) is 23.4. The van der Waals surface area contributed by atoms with Crippen LogP contribution >= 0.6 is 0 Å². The van der Waals surface area contributed by atoms with Crippen LogP contribution in [-0.4, -0.2) is 34.1 Å². The molecule has 0 saturated carbocycles. The van der Waals surface area contributed by atoms with Gasteiger partial charge in [-0.15, -0.1) is 0 Å². The van der Waals surface area contributed by atoms with E-state index in [1.54, 1.807) is 6.07 Å². The number of anilines is 1. The minimum Gasteiger partial charge on any atom is -0.486 e. The summed E-state index contributed by atoms with van der Waals surface area (Å²) < 4.78 is 65.5. The molecule has 0 bridgehead atoms. The Morgan fingerprint density at radius 1 is 0.909 bits per heavy atom. The Bertz CT molecular complexity index is 1270. The monoisotopic (exact) mass is 474 g/mol. The minimum atomic E-state index is -4.23. The molecule has 7 nitrogen and oxygen atoms in total. The van der Waals surface area contributed by atoms with Crippen molar-refractivity contribution in [3.63, 3.8) is 0 Å². The molecule has 1 N–H and O–H groups in total. The lowest BCUT2D eigenvalue weighted by Gasteiger charge is -2.25. The second-order valence-corrected chi connectivity index (χ2v) is 9.06. The average Bonchev–Trinajstić information content (AvgIpc) is 2.81. The van der Waals surface area contributed by atoms with Gasteiger partial charge in [0.25, 0.3) is 10.0 Å². The fraction of sp³-hybridized carbons (Fsp3) is 0.174. The first-order chi connectivity index (χ1) is 15.8. The number of nitrogens with one attached hydrogen (secondary N) is 1. The fourth-order valence-corrected chi connectivity index (χ4v) is 4.70. The smallest absolute Gasteiger partial charge is 0.264 e. The Kier molecular flexibility index (Phi) is 6.45. The molecule has 0 radical (unpaired) electrons. The van der Waals surface area contributed by atoms with Crippen molar-refractivity contribution >= 4 is 21.6 Å². The van der Waals surface area contributed by atoms with Crippen LogP contribution in [0.4, 0.5) is 14.5 Å². The predicted octanol–water partition coefficient (Wildman–Crippen LogP) is 3.25. The standard InChI is InChI=1S/C23H20F2N2O5S/c24-17-4-6-19(7-5-17)27(15-23(28)26-14-16-2-1-3-18(25)12-16)33(29,30)20-8-9-21-22(13-20)32-11-10-31-21/h1-9,12-13H,10-11,14-15H2,(H,26,28). The lowest BCUT2D eigenvalue weighted by Crippen LogP contribution is -2.40. The summed E-state index contributed by atoms with van der Waals surface area (Å²) in [7, 11) is -4.23. The fourth-order valence-electron chi connectivity index (χ4n) is 3.27. The Labute approximate surface area is 189 Å². The van der Waals surface area contributed by atoms with Crippen molar-refractivity contribution in [3.05, 3.63) is 83.9 Å². The van der Waals surface area contributed by atoms with Gasteiger partial charge in [-0.2, -0.15) is 0 Å². The topological polar surface area (TPSA) is 84.9 Å². The maximum absolute atomic E-state index is 13.5. The molecule has 1 aliphatic heterocycles. The largest absolute Gasteiger partial charge is 0.486 e. The second kappa shape index (κ2) is 9.45. The second-order valence-electron chi connectivity index (χ2n) is 7.20. The number of ether oxygens (including phenoxy) is 2. The van der Waals surface area contributed by atoms with Gasteiger partial charge < -0.3 is 14.8 Å². The number of rotatable bonds is 7. The first kappa shape index (κ1) is 22.5. The molecular formula is C23H20F2N2O5S. The summed E-state index contributed by atoms with van der Waals surface area (Å²) in [6.45, 7) is 0.0720. The number of halogens is 2. The van der Waals surface area contributed by atoms with Gasteiger partial charge in [0.15, 0.2) is 11.5 Å². The maximum Gasteiger partial charge on any atom is 0.264 e. The Morgan fingerprint density at radius 2 is 1.64 bits per heavy atom. The van der Waals surface area contributed by atoms with Crippen molar-refractivity contribution in [2.24, 2.45) is 0 Å². The van der Waals surface area contributed by atoms with Crippen molar-refractivity contribution in [1.29, 1.82) is 0 Å². The molecule has 0 atom stereocenters. The van der Waals surface area contributed by atoms with Crippen LogP contribution in [-0.2, 0) is 21.4 Å². The summed E-state index contributed by atoms with van der Waals surface area (Å²) in [5.41, 5.74) is 0.624. The van der Waals surface area contributed by atoms with Gasteiger partial charge >= 0.3 is 0 Å². The molecule has 0 spiro atoms. The van der Waals surface area contributed by atoms with Crippen LogP contribution in [0.5, 0.6) is 11.5 Å². The van der Waals surface area contributed by atoms with Gasteiger partial charge in [0.2, 0.25) is 5.91 Å². The molecule has 10 heteroatoms. The summed E-state index contributed by atoms with van der Waals surface area (Å²) in [5.74, 6) is -0.926. The third-order valence-electron chi connectivity index (χ3n) is 4.88. The number of sulfonamides is 1. The van der Waals surface area contributed by atoms with Crippen molar-refractivity contribution in [3.8, 4) is 11.5 Å². The molecule has 0 saturated heterocycles. The van der Waals surface area contributed by atoms with Crippen molar-refractivity contribution in [1.82, 2.24) is 5.32 Å².